The molecule has 0 aliphatic rings. The van der Waals surface area contributed by atoms with Gasteiger partial charge in [-0.15, -0.1) is 0 Å². The van der Waals surface area contributed by atoms with E-state index in [1.165, 1.54) is 18.2 Å². The molecule has 1 atom stereocenters. The Hall–Kier alpha value is -1.56. The van der Waals surface area contributed by atoms with Crippen LogP contribution < -0.4 is 11.3 Å². The number of hydrogen-bond acceptors (Lipinski definition) is 2. The molecular formula is C13H10ClF3N2. The predicted molar refractivity (Wildman–Crippen MR) is 66.9 cm³/mol. The molecule has 0 fully saturated rings. The zero-order valence-corrected chi connectivity index (χ0v) is 10.4. The third kappa shape index (κ3) is 2.89. The minimum absolute atomic E-state index is 0.0883. The summed E-state index contributed by atoms with van der Waals surface area (Å²) in [7, 11) is 0. The molecule has 0 bridgehead atoms. The molecule has 3 N–H and O–H groups in total. The van der Waals surface area contributed by atoms with Gasteiger partial charge in [-0.3, -0.25) is 5.84 Å². The summed E-state index contributed by atoms with van der Waals surface area (Å²) in [4.78, 5) is 0. The van der Waals surface area contributed by atoms with E-state index in [4.69, 9.17) is 17.4 Å². The smallest absolute Gasteiger partial charge is 0.146 e. The van der Waals surface area contributed by atoms with Gasteiger partial charge in [0.15, 0.2) is 0 Å². The molecule has 0 aromatic heterocycles. The zero-order valence-electron chi connectivity index (χ0n) is 9.63. The molecule has 19 heavy (non-hydrogen) atoms. The molecule has 100 valence electrons. The van der Waals surface area contributed by atoms with Gasteiger partial charge in [-0.2, -0.15) is 0 Å². The maximum absolute atomic E-state index is 13.9. The maximum Gasteiger partial charge on any atom is 0.146 e. The van der Waals surface area contributed by atoms with Crippen molar-refractivity contribution in [2.24, 2.45) is 5.84 Å². The van der Waals surface area contributed by atoms with Crippen LogP contribution >= 0.6 is 11.6 Å². The van der Waals surface area contributed by atoms with Crippen molar-refractivity contribution in [1.82, 2.24) is 5.43 Å². The molecule has 2 nitrogen and oxygen atoms in total. The monoisotopic (exact) mass is 286 g/mol. The fourth-order valence-electron chi connectivity index (χ4n) is 1.85. The van der Waals surface area contributed by atoms with Crippen molar-refractivity contribution in [3.05, 3.63) is 70.0 Å². The maximum atomic E-state index is 13.9. The van der Waals surface area contributed by atoms with Crippen LogP contribution in [0.4, 0.5) is 13.2 Å². The Kier molecular flexibility index (Phi) is 4.09. The summed E-state index contributed by atoms with van der Waals surface area (Å²) in [5.41, 5.74) is 2.60. The van der Waals surface area contributed by atoms with E-state index in [2.05, 4.69) is 5.43 Å². The average Bonchev–Trinajstić information content (AvgIpc) is 2.34. The van der Waals surface area contributed by atoms with E-state index < -0.39 is 23.5 Å². The first kappa shape index (κ1) is 13.9. The first-order chi connectivity index (χ1) is 9.02. The second kappa shape index (κ2) is 5.61. The molecule has 2 rings (SSSR count). The van der Waals surface area contributed by atoms with E-state index in [0.717, 1.165) is 18.2 Å². The molecule has 2 aromatic rings. The Morgan fingerprint density at radius 3 is 2.26 bits per heavy atom. The molecule has 0 spiro atoms. The summed E-state index contributed by atoms with van der Waals surface area (Å²) in [5, 5.41) is -0.0883. The van der Waals surface area contributed by atoms with E-state index in [0.29, 0.717) is 0 Å². The summed E-state index contributed by atoms with van der Waals surface area (Å²) in [5.74, 6) is 3.14. The highest BCUT2D eigenvalue weighted by Gasteiger charge is 2.19. The number of hydrazine groups is 1. The summed E-state index contributed by atoms with van der Waals surface area (Å²) < 4.78 is 40.3. The van der Waals surface area contributed by atoms with E-state index in [-0.39, 0.29) is 16.1 Å². The molecule has 0 amide bonds. The highest BCUT2D eigenvalue weighted by atomic mass is 35.5. The van der Waals surface area contributed by atoms with Crippen LogP contribution in [0.25, 0.3) is 0 Å². The van der Waals surface area contributed by atoms with Crippen molar-refractivity contribution in [2.75, 3.05) is 0 Å². The lowest BCUT2D eigenvalue weighted by atomic mass is 9.98. The molecular weight excluding hydrogens is 277 g/mol. The van der Waals surface area contributed by atoms with E-state index in [9.17, 15) is 13.2 Å². The topological polar surface area (TPSA) is 38.0 Å². The van der Waals surface area contributed by atoms with Crippen molar-refractivity contribution < 1.29 is 13.2 Å². The van der Waals surface area contributed by atoms with Crippen LogP contribution in [0.15, 0.2) is 36.4 Å². The average molecular weight is 287 g/mol. The van der Waals surface area contributed by atoms with Crippen molar-refractivity contribution >= 4 is 11.6 Å². The van der Waals surface area contributed by atoms with Gasteiger partial charge in [0.1, 0.15) is 17.5 Å². The van der Waals surface area contributed by atoms with Crippen molar-refractivity contribution in [3.63, 3.8) is 0 Å². The third-order valence-corrected chi connectivity index (χ3v) is 2.97. The minimum atomic E-state index is -0.899. The zero-order chi connectivity index (χ0) is 14.0. The van der Waals surface area contributed by atoms with Gasteiger partial charge in [-0.05, 0) is 23.8 Å². The first-order valence-electron chi connectivity index (χ1n) is 5.39. The number of benzene rings is 2. The van der Waals surface area contributed by atoms with Gasteiger partial charge in [0.25, 0.3) is 0 Å². The number of nitrogens with one attached hydrogen (secondary N) is 1. The number of rotatable bonds is 3. The van der Waals surface area contributed by atoms with Gasteiger partial charge in [0, 0.05) is 11.6 Å². The fraction of sp³-hybridized carbons (Fsp3) is 0.0769. The Bertz CT molecular complexity index is 584. The van der Waals surface area contributed by atoms with Gasteiger partial charge >= 0.3 is 0 Å². The quantitative estimate of drug-likeness (QED) is 0.671. The van der Waals surface area contributed by atoms with Gasteiger partial charge in [0.2, 0.25) is 0 Å². The molecule has 0 saturated heterocycles. The van der Waals surface area contributed by atoms with Gasteiger partial charge < -0.3 is 0 Å². The molecule has 0 aliphatic carbocycles. The highest BCUT2D eigenvalue weighted by molar-refractivity contribution is 6.30. The highest BCUT2D eigenvalue weighted by Crippen LogP contribution is 2.28. The Morgan fingerprint density at radius 1 is 1.05 bits per heavy atom. The Morgan fingerprint density at radius 2 is 1.68 bits per heavy atom. The van der Waals surface area contributed by atoms with Crippen LogP contribution in [0.5, 0.6) is 0 Å². The van der Waals surface area contributed by atoms with Gasteiger partial charge in [0.05, 0.1) is 11.1 Å². The molecule has 2 aromatic carbocycles. The van der Waals surface area contributed by atoms with E-state index in [1.54, 1.807) is 0 Å². The molecule has 6 heteroatoms. The SMILES string of the molecule is NNC(c1cc(F)cc(F)c1)c1cccc(Cl)c1F. The summed E-state index contributed by atoms with van der Waals surface area (Å²) in [6, 6.07) is 6.33. The van der Waals surface area contributed by atoms with Crippen LogP contribution in [0, 0.1) is 17.5 Å². The lowest BCUT2D eigenvalue weighted by Crippen LogP contribution is -2.29. The van der Waals surface area contributed by atoms with Crippen molar-refractivity contribution in [1.29, 1.82) is 0 Å². The second-order valence-corrected chi connectivity index (χ2v) is 4.35. The third-order valence-electron chi connectivity index (χ3n) is 2.68. The number of nitrogens with two attached hydrogens (primary N) is 1. The van der Waals surface area contributed by atoms with E-state index >= 15 is 0 Å². The molecule has 1 unspecified atom stereocenters. The van der Waals surface area contributed by atoms with Crippen LogP contribution in [0.1, 0.15) is 17.2 Å². The van der Waals surface area contributed by atoms with Crippen LogP contribution in [-0.2, 0) is 0 Å². The first-order valence-corrected chi connectivity index (χ1v) is 5.76. The Labute approximate surface area is 113 Å². The predicted octanol–water partition coefficient (Wildman–Crippen LogP) is 3.31. The lowest BCUT2D eigenvalue weighted by Gasteiger charge is -2.18. The van der Waals surface area contributed by atoms with Crippen molar-refractivity contribution in [2.45, 2.75) is 6.04 Å². The second-order valence-electron chi connectivity index (χ2n) is 3.95. The van der Waals surface area contributed by atoms with Crippen LogP contribution in [-0.4, -0.2) is 0 Å². The number of hydrogen-bond donors (Lipinski definition) is 2. The lowest BCUT2D eigenvalue weighted by molar-refractivity contribution is 0.544. The summed E-state index contributed by atoms with van der Waals surface area (Å²) >= 11 is 5.67. The van der Waals surface area contributed by atoms with E-state index in [1.807, 2.05) is 0 Å². The molecule has 0 saturated carbocycles. The normalized spacial score (nSPS) is 12.5. The largest absolute Gasteiger partial charge is 0.271 e. The minimum Gasteiger partial charge on any atom is -0.271 e. The van der Waals surface area contributed by atoms with Crippen LogP contribution in [0.2, 0.25) is 5.02 Å². The number of halogens is 4. The standard InChI is InChI=1S/C13H10ClF3N2/c14-11-3-1-2-10(12(11)17)13(19-18)7-4-8(15)6-9(16)5-7/h1-6,13,19H,18H2. The Balaban J connectivity index is 2.53. The molecule has 0 radical (unpaired) electrons. The van der Waals surface area contributed by atoms with Gasteiger partial charge in [-0.1, -0.05) is 23.7 Å². The molecule has 0 heterocycles. The molecule has 0 aliphatic heterocycles. The van der Waals surface area contributed by atoms with Crippen LogP contribution in [0.3, 0.4) is 0 Å². The fourth-order valence-corrected chi connectivity index (χ4v) is 2.03. The van der Waals surface area contributed by atoms with Gasteiger partial charge in [-0.25, -0.2) is 18.6 Å². The summed E-state index contributed by atoms with van der Waals surface area (Å²) in [6.07, 6.45) is 0. The van der Waals surface area contributed by atoms with Crippen molar-refractivity contribution in [3.8, 4) is 0 Å². The summed E-state index contributed by atoms with van der Waals surface area (Å²) in [6.45, 7) is 0.